The standard InChI is InChI=1S/C18H16Cl2N2O3/c1-25-16-5-3-2-4-15(16)22-18(24)12-9-11(12)17(23)21-14-7-6-10(19)8-13(14)20/h2-8,11-12H,9H2,1H3,(H,21,23)(H,22,24). The van der Waals surface area contributed by atoms with Gasteiger partial charge in [-0.2, -0.15) is 0 Å². The first-order valence-corrected chi connectivity index (χ1v) is 8.45. The van der Waals surface area contributed by atoms with E-state index in [0.29, 0.717) is 33.6 Å². The molecule has 0 heterocycles. The summed E-state index contributed by atoms with van der Waals surface area (Å²) in [5, 5.41) is 6.39. The van der Waals surface area contributed by atoms with Crippen LogP contribution in [0.5, 0.6) is 5.75 Å². The van der Waals surface area contributed by atoms with E-state index in [0.717, 1.165) is 0 Å². The monoisotopic (exact) mass is 378 g/mol. The molecular formula is C18H16Cl2N2O3. The van der Waals surface area contributed by atoms with E-state index >= 15 is 0 Å². The van der Waals surface area contributed by atoms with Crippen molar-refractivity contribution in [2.24, 2.45) is 11.8 Å². The van der Waals surface area contributed by atoms with E-state index in [9.17, 15) is 9.59 Å². The molecule has 2 aromatic rings. The van der Waals surface area contributed by atoms with Gasteiger partial charge in [-0.15, -0.1) is 0 Å². The van der Waals surface area contributed by atoms with Crippen LogP contribution in [0.3, 0.4) is 0 Å². The number of hydrogen-bond acceptors (Lipinski definition) is 3. The molecule has 0 saturated heterocycles. The summed E-state index contributed by atoms with van der Waals surface area (Å²) in [6, 6.07) is 12.0. The van der Waals surface area contributed by atoms with Crippen LogP contribution < -0.4 is 15.4 Å². The van der Waals surface area contributed by atoms with E-state index in [4.69, 9.17) is 27.9 Å². The second-order valence-electron chi connectivity index (χ2n) is 5.75. The lowest BCUT2D eigenvalue weighted by Crippen LogP contribution is -2.20. The van der Waals surface area contributed by atoms with Gasteiger partial charge in [0.05, 0.1) is 35.3 Å². The van der Waals surface area contributed by atoms with E-state index in [1.165, 1.54) is 7.11 Å². The molecule has 0 spiro atoms. The molecule has 3 rings (SSSR count). The van der Waals surface area contributed by atoms with E-state index < -0.39 is 0 Å². The van der Waals surface area contributed by atoms with Gasteiger partial charge in [0.1, 0.15) is 5.75 Å². The van der Waals surface area contributed by atoms with Crippen molar-refractivity contribution in [2.45, 2.75) is 6.42 Å². The fourth-order valence-corrected chi connectivity index (χ4v) is 3.02. The lowest BCUT2D eigenvalue weighted by molar-refractivity contribution is -0.122. The molecule has 1 aliphatic rings. The molecule has 1 fully saturated rings. The highest BCUT2D eigenvalue weighted by molar-refractivity contribution is 6.36. The van der Waals surface area contributed by atoms with E-state index in [1.54, 1.807) is 36.4 Å². The van der Waals surface area contributed by atoms with Crippen LogP contribution in [0.15, 0.2) is 42.5 Å². The zero-order valence-corrected chi connectivity index (χ0v) is 14.9. The van der Waals surface area contributed by atoms with Crippen LogP contribution >= 0.6 is 23.2 Å². The summed E-state index contributed by atoms with van der Waals surface area (Å²) in [6.45, 7) is 0. The van der Waals surface area contributed by atoms with Crippen LogP contribution in [-0.2, 0) is 9.59 Å². The second kappa shape index (κ2) is 7.33. The van der Waals surface area contributed by atoms with Gasteiger partial charge in [0.15, 0.2) is 0 Å². The fourth-order valence-electron chi connectivity index (χ4n) is 2.56. The third-order valence-corrected chi connectivity index (χ3v) is 4.57. The van der Waals surface area contributed by atoms with Gasteiger partial charge in [0, 0.05) is 5.02 Å². The molecule has 7 heteroatoms. The molecule has 5 nitrogen and oxygen atoms in total. The minimum atomic E-state index is -0.374. The molecule has 1 aliphatic carbocycles. The van der Waals surface area contributed by atoms with Gasteiger partial charge in [0.25, 0.3) is 0 Å². The summed E-state index contributed by atoms with van der Waals surface area (Å²) < 4.78 is 5.20. The quantitative estimate of drug-likeness (QED) is 0.818. The molecule has 0 aromatic heterocycles. The number of carbonyl (C=O) groups is 2. The summed E-state index contributed by atoms with van der Waals surface area (Å²) in [6.07, 6.45) is 0.498. The Labute approximate surface area is 155 Å². The van der Waals surface area contributed by atoms with Crippen LogP contribution in [0.25, 0.3) is 0 Å². The highest BCUT2D eigenvalue weighted by Crippen LogP contribution is 2.41. The van der Waals surface area contributed by atoms with Gasteiger partial charge >= 0.3 is 0 Å². The van der Waals surface area contributed by atoms with Gasteiger partial charge in [-0.3, -0.25) is 9.59 Å². The number of hydrogen-bond donors (Lipinski definition) is 2. The first-order valence-electron chi connectivity index (χ1n) is 7.69. The van der Waals surface area contributed by atoms with Crippen LogP contribution in [0.4, 0.5) is 11.4 Å². The SMILES string of the molecule is COc1ccccc1NC(=O)C1CC1C(=O)Nc1ccc(Cl)cc1Cl. The minimum Gasteiger partial charge on any atom is -0.495 e. The van der Waals surface area contributed by atoms with Gasteiger partial charge < -0.3 is 15.4 Å². The first-order chi connectivity index (χ1) is 12.0. The van der Waals surface area contributed by atoms with Gasteiger partial charge in [-0.25, -0.2) is 0 Å². The van der Waals surface area contributed by atoms with Gasteiger partial charge in [-0.1, -0.05) is 35.3 Å². The molecule has 0 aliphatic heterocycles. The summed E-state index contributed by atoms with van der Waals surface area (Å²) in [4.78, 5) is 24.6. The van der Waals surface area contributed by atoms with Gasteiger partial charge in [-0.05, 0) is 36.8 Å². The third kappa shape index (κ3) is 4.06. The number of methoxy groups -OCH3 is 1. The number of carbonyl (C=O) groups excluding carboxylic acids is 2. The number of nitrogens with one attached hydrogen (secondary N) is 2. The zero-order valence-electron chi connectivity index (χ0n) is 13.4. The minimum absolute atomic E-state index is 0.202. The molecule has 2 aromatic carbocycles. The smallest absolute Gasteiger partial charge is 0.228 e. The van der Waals surface area contributed by atoms with Crippen LogP contribution in [0, 0.1) is 11.8 Å². The number of benzene rings is 2. The Bertz CT molecular complexity index is 826. The van der Waals surface area contributed by atoms with Crippen LogP contribution in [0.1, 0.15) is 6.42 Å². The van der Waals surface area contributed by atoms with Crippen molar-refractivity contribution < 1.29 is 14.3 Å². The van der Waals surface area contributed by atoms with Crippen molar-refractivity contribution in [3.05, 3.63) is 52.5 Å². The van der Waals surface area contributed by atoms with Crippen LogP contribution in [0.2, 0.25) is 10.0 Å². The molecular weight excluding hydrogens is 363 g/mol. The Hall–Kier alpha value is -2.24. The third-order valence-electron chi connectivity index (χ3n) is 4.02. The summed E-state index contributed by atoms with van der Waals surface area (Å²) in [5.41, 5.74) is 1.06. The predicted molar refractivity (Wildman–Crippen MR) is 98.3 cm³/mol. The highest BCUT2D eigenvalue weighted by Gasteiger charge is 2.48. The molecule has 1 saturated carbocycles. The lowest BCUT2D eigenvalue weighted by atomic mass is 10.2. The highest BCUT2D eigenvalue weighted by atomic mass is 35.5. The molecule has 130 valence electrons. The Morgan fingerprint density at radius 2 is 1.64 bits per heavy atom. The summed E-state index contributed by atoms with van der Waals surface area (Å²) in [5.74, 6) is -0.598. The largest absolute Gasteiger partial charge is 0.495 e. The maximum absolute atomic E-state index is 12.3. The maximum Gasteiger partial charge on any atom is 0.228 e. The van der Waals surface area contributed by atoms with Crippen molar-refractivity contribution >= 4 is 46.4 Å². The average Bonchev–Trinajstić information content (AvgIpc) is 3.39. The number of halogens is 2. The molecule has 0 radical (unpaired) electrons. The Balaban J connectivity index is 1.60. The Kier molecular flexibility index (Phi) is 5.16. The number of para-hydroxylation sites is 2. The van der Waals surface area contributed by atoms with Crippen molar-refractivity contribution in [3.63, 3.8) is 0 Å². The molecule has 2 unspecified atom stereocenters. The van der Waals surface area contributed by atoms with Crippen molar-refractivity contribution in [1.82, 2.24) is 0 Å². The number of amides is 2. The molecule has 2 N–H and O–H groups in total. The second-order valence-corrected chi connectivity index (χ2v) is 6.60. The van der Waals surface area contributed by atoms with Gasteiger partial charge in [0.2, 0.25) is 11.8 Å². The normalized spacial score (nSPS) is 18.4. The topological polar surface area (TPSA) is 67.4 Å². The Morgan fingerprint density at radius 1 is 1.00 bits per heavy atom. The van der Waals surface area contributed by atoms with Crippen molar-refractivity contribution in [1.29, 1.82) is 0 Å². The number of rotatable bonds is 5. The maximum atomic E-state index is 12.3. The van der Waals surface area contributed by atoms with E-state index in [-0.39, 0.29) is 23.7 Å². The van der Waals surface area contributed by atoms with Crippen LogP contribution in [-0.4, -0.2) is 18.9 Å². The predicted octanol–water partition coefficient (Wildman–Crippen LogP) is 4.22. The fraction of sp³-hybridized carbons (Fsp3) is 0.222. The number of ether oxygens (including phenoxy) is 1. The average molecular weight is 379 g/mol. The van der Waals surface area contributed by atoms with Crippen molar-refractivity contribution in [3.8, 4) is 5.75 Å². The number of anilines is 2. The molecule has 2 amide bonds. The van der Waals surface area contributed by atoms with Crippen molar-refractivity contribution in [2.75, 3.05) is 17.7 Å². The Morgan fingerprint density at radius 3 is 2.28 bits per heavy atom. The lowest BCUT2D eigenvalue weighted by Gasteiger charge is -2.10. The van der Waals surface area contributed by atoms with E-state index in [1.807, 2.05) is 6.07 Å². The molecule has 25 heavy (non-hydrogen) atoms. The molecule has 0 bridgehead atoms. The van der Waals surface area contributed by atoms with E-state index in [2.05, 4.69) is 10.6 Å². The zero-order chi connectivity index (χ0) is 18.0. The first kappa shape index (κ1) is 17.6. The molecule has 2 atom stereocenters. The summed E-state index contributed by atoms with van der Waals surface area (Å²) >= 11 is 11.9. The summed E-state index contributed by atoms with van der Waals surface area (Å²) in [7, 11) is 1.54.